The minimum Gasteiger partial charge on any atom is -0.494 e. The Morgan fingerprint density at radius 2 is 2.00 bits per heavy atom. The van der Waals surface area contributed by atoms with Gasteiger partial charge in [-0.2, -0.15) is 0 Å². The molecule has 2 rings (SSSR count). The van der Waals surface area contributed by atoms with Crippen molar-refractivity contribution in [2.75, 3.05) is 33.2 Å². The number of nitrogens with zero attached hydrogens (tertiary/aromatic N) is 2. The lowest BCUT2D eigenvalue weighted by Gasteiger charge is -2.32. The van der Waals surface area contributed by atoms with E-state index in [4.69, 9.17) is 0 Å². The third-order valence-corrected chi connectivity index (χ3v) is 2.86. The molecule has 1 aliphatic rings. The lowest BCUT2D eigenvalue weighted by Crippen LogP contribution is -2.52. The first-order chi connectivity index (χ1) is 8.54. The van der Waals surface area contributed by atoms with Crippen LogP contribution < -0.4 is 11.0 Å². The molecule has 0 radical (unpaired) electrons. The van der Waals surface area contributed by atoms with Crippen LogP contribution in [0.15, 0.2) is 16.9 Å². The van der Waals surface area contributed by atoms with E-state index in [1.165, 1.54) is 6.07 Å². The molecule has 0 bridgehead atoms. The minimum absolute atomic E-state index is 0.148. The van der Waals surface area contributed by atoms with Crippen molar-refractivity contribution in [3.05, 3.63) is 28.0 Å². The molecule has 0 spiro atoms. The van der Waals surface area contributed by atoms with Crippen molar-refractivity contribution in [2.24, 2.45) is 0 Å². The van der Waals surface area contributed by atoms with Crippen LogP contribution in [0, 0.1) is 0 Å². The van der Waals surface area contributed by atoms with Gasteiger partial charge in [0.15, 0.2) is 5.88 Å². The van der Waals surface area contributed by atoms with E-state index >= 15 is 0 Å². The minimum atomic E-state index is -0.501. The van der Waals surface area contributed by atoms with Gasteiger partial charge in [-0.05, 0) is 7.05 Å². The third kappa shape index (κ3) is 3.08. The number of rotatable bonds is 2. The summed E-state index contributed by atoms with van der Waals surface area (Å²) in [4.78, 5) is 27.3. The van der Waals surface area contributed by atoms with Gasteiger partial charge in [0, 0.05) is 38.3 Å². The molecule has 0 aromatic carbocycles. The second-order valence-corrected chi connectivity index (χ2v) is 4.35. The second-order valence-electron chi connectivity index (χ2n) is 4.35. The van der Waals surface area contributed by atoms with E-state index in [1.54, 1.807) is 5.01 Å². The quantitative estimate of drug-likeness (QED) is 0.626. The van der Waals surface area contributed by atoms with Gasteiger partial charge in [-0.15, -0.1) is 0 Å². The second kappa shape index (κ2) is 5.19. The normalized spacial score (nSPS) is 17.6. The molecule has 7 heteroatoms. The van der Waals surface area contributed by atoms with Crippen molar-refractivity contribution < 1.29 is 9.90 Å². The maximum atomic E-state index is 11.9. The molecule has 3 N–H and O–H groups in total. The zero-order valence-electron chi connectivity index (χ0n) is 10.1. The summed E-state index contributed by atoms with van der Waals surface area (Å²) in [6, 6.07) is 2.39. The van der Waals surface area contributed by atoms with Gasteiger partial charge in [-0.1, -0.05) is 0 Å². The van der Waals surface area contributed by atoms with Gasteiger partial charge < -0.3 is 10.0 Å². The summed E-state index contributed by atoms with van der Waals surface area (Å²) in [5, 5.41) is 11.0. The van der Waals surface area contributed by atoms with Crippen molar-refractivity contribution >= 4 is 5.91 Å². The van der Waals surface area contributed by atoms with Crippen LogP contribution in [0.1, 0.15) is 10.4 Å². The lowest BCUT2D eigenvalue weighted by atomic mass is 10.2. The molecule has 1 saturated heterocycles. The van der Waals surface area contributed by atoms with Gasteiger partial charge in [0.25, 0.3) is 11.5 Å². The van der Waals surface area contributed by atoms with Crippen molar-refractivity contribution in [1.29, 1.82) is 0 Å². The number of aromatic amines is 1. The van der Waals surface area contributed by atoms with Crippen LogP contribution in [0.2, 0.25) is 0 Å². The fourth-order valence-corrected chi connectivity index (χ4v) is 1.79. The largest absolute Gasteiger partial charge is 0.494 e. The highest BCUT2D eigenvalue weighted by Gasteiger charge is 2.17. The molecule has 1 aromatic rings. The Kier molecular flexibility index (Phi) is 3.63. The van der Waals surface area contributed by atoms with E-state index in [9.17, 15) is 14.7 Å². The monoisotopic (exact) mass is 252 g/mol. The smallest absolute Gasteiger partial charge is 0.265 e. The van der Waals surface area contributed by atoms with Crippen molar-refractivity contribution in [1.82, 2.24) is 20.3 Å². The number of amides is 1. The average Bonchev–Trinajstić information content (AvgIpc) is 2.31. The Hall–Kier alpha value is -1.86. The number of aromatic hydroxyl groups is 1. The zero-order valence-corrected chi connectivity index (χ0v) is 10.1. The molecule has 98 valence electrons. The van der Waals surface area contributed by atoms with Gasteiger partial charge in [-0.25, -0.2) is 5.01 Å². The first-order valence-corrected chi connectivity index (χ1v) is 5.72. The zero-order chi connectivity index (χ0) is 13.1. The molecule has 1 fully saturated rings. The fourth-order valence-electron chi connectivity index (χ4n) is 1.79. The van der Waals surface area contributed by atoms with E-state index in [-0.39, 0.29) is 17.4 Å². The number of hydrogen-bond acceptors (Lipinski definition) is 5. The van der Waals surface area contributed by atoms with Gasteiger partial charge in [0.05, 0.1) is 5.56 Å². The molecule has 0 saturated carbocycles. The predicted octanol–water partition coefficient (Wildman–Crippen LogP) is -1.03. The van der Waals surface area contributed by atoms with E-state index in [1.807, 2.05) is 7.05 Å². The molecule has 7 nitrogen and oxygen atoms in total. The van der Waals surface area contributed by atoms with Crippen LogP contribution in [-0.2, 0) is 0 Å². The van der Waals surface area contributed by atoms with Crippen LogP contribution >= 0.6 is 0 Å². The van der Waals surface area contributed by atoms with Crippen molar-refractivity contribution in [3.8, 4) is 5.88 Å². The maximum absolute atomic E-state index is 11.9. The van der Waals surface area contributed by atoms with Crippen LogP contribution in [0.5, 0.6) is 5.88 Å². The number of nitrogens with one attached hydrogen (secondary N) is 2. The summed E-state index contributed by atoms with van der Waals surface area (Å²) >= 11 is 0. The molecular weight excluding hydrogens is 236 g/mol. The Bertz CT molecular complexity index is 491. The molecular formula is C11H16N4O3. The Morgan fingerprint density at radius 3 is 2.61 bits per heavy atom. The highest BCUT2D eigenvalue weighted by Crippen LogP contribution is 2.05. The standard InChI is InChI=1S/C11H16N4O3/c1-14-2-4-15(5-3-14)13-11(18)8-6-9(16)12-10(17)7-8/h6-7H,2-5H2,1H3,(H,13,18)(H2,12,16,17). The summed E-state index contributed by atoms with van der Waals surface area (Å²) in [7, 11) is 2.02. The van der Waals surface area contributed by atoms with E-state index in [0.717, 1.165) is 32.2 Å². The first-order valence-electron chi connectivity index (χ1n) is 5.72. The molecule has 0 atom stereocenters. The van der Waals surface area contributed by atoms with Gasteiger partial charge in [-0.3, -0.25) is 20.0 Å². The average molecular weight is 252 g/mol. The van der Waals surface area contributed by atoms with Crippen LogP contribution in [0.25, 0.3) is 0 Å². The fraction of sp³-hybridized carbons (Fsp3) is 0.455. The summed E-state index contributed by atoms with van der Waals surface area (Å²) in [5.41, 5.74) is 2.36. The SMILES string of the molecule is CN1CCN(NC(=O)c2cc(O)[nH]c(=O)c2)CC1. The number of hydrazine groups is 1. The molecule has 1 amide bonds. The van der Waals surface area contributed by atoms with Crippen molar-refractivity contribution in [2.45, 2.75) is 0 Å². The molecule has 0 unspecified atom stereocenters. The Labute approximate surface area is 104 Å². The van der Waals surface area contributed by atoms with Crippen LogP contribution in [0.3, 0.4) is 0 Å². The highest BCUT2D eigenvalue weighted by molar-refractivity contribution is 5.93. The number of hydrogen-bond donors (Lipinski definition) is 3. The Balaban J connectivity index is 2.01. The molecule has 1 aromatic heterocycles. The number of H-pyrrole nitrogens is 1. The van der Waals surface area contributed by atoms with Gasteiger partial charge in [0.2, 0.25) is 0 Å². The number of aromatic nitrogens is 1. The summed E-state index contributed by atoms with van der Waals surface area (Å²) in [6.45, 7) is 3.22. The molecule has 2 heterocycles. The van der Waals surface area contributed by atoms with E-state index in [0.29, 0.717) is 0 Å². The van der Waals surface area contributed by atoms with Crippen LogP contribution in [0.4, 0.5) is 0 Å². The number of piperazine rings is 1. The predicted molar refractivity (Wildman–Crippen MR) is 65.3 cm³/mol. The lowest BCUT2D eigenvalue weighted by molar-refractivity contribution is 0.0662. The number of carbonyl (C=O) groups excluding carboxylic acids is 1. The molecule has 0 aliphatic carbocycles. The molecule has 18 heavy (non-hydrogen) atoms. The maximum Gasteiger partial charge on any atom is 0.265 e. The number of pyridine rings is 1. The summed E-state index contributed by atoms with van der Waals surface area (Å²) < 4.78 is 0. The number of likely N-dealkylation sites (N-methyl/N-ethyl adjacent to an activating group) is 1. The van der Waals surface area contributed by atoms with E-state index < -0.39 is 5.56 Å². The van der Waals surface area contributed by atoms with Crippen LogP contribution in [-0.4, -0.2) is 59.1 Å². The van der Waals surface area contributed by atoms with Gasteiger partial charge in [0.1, 0.15) is 0 Å². The third-order valence-electron chi connectivity index (χ3n) is 2.86. The number of carbonyl (C=O) groups is 1. The summed E-state index contributed by atoms with van der Waals surface area (Å²) in [6.07, 6.45) is 0. The van der Waals surface area contributed by atoms with Crippen molar-refractivity contribution in [3.63, 3.8) is 0 Å². The Morgan fingerprint density at radius 1 is 1.33 bits per heavy atom. The highest BCUT2D eigenvalue weighted by atomic mass is 16.3. The first kappa shape index (κ1) is 12.6. The topological polar surface area (TPSA) is 88.7 Å². The van der Waals surface area contributed by atoms with Gasteiger partial charge >= 0.3 is 0 Å². The summed E-state index contributed by atoms with van der Waals surface area (Å²) in [5.74, 6) is -0.702. The molecule has 1 aliphatic heterocycles. The van der Waals surface area contributed by atoms with E-state index in [2.05, 4.69) is 15.3 Å².